The molecule has 8 aliphatic heterocycles. The Morgan fingerprint density at radius 1 is 0.598 bits per heavy atom. The summed E-state index contributed by atoms with van der Waals surface area (Å²) in [4.78, 5) is 13.4. The van der Waals surface area contributed by atoms with Crippen molar-refractivity contribution in [3.63, 3.8) is 0 Å². The molecule has 0 saturated carbocycles. The van der Waals surface area contributed by atoms with Gasteiger partial charge in [-0.3, -0.25) is 19.5 Å². The van der Waals surface area contributed by atoms with E-state index in [1.165, 1.54) is 0 Å². The topological polar surface area (TPSA) is 254 Å². The first kappa shape index (κ1) is 86.8. The van der Waals surface area contributed by atoms with Gasteiger partial charge in [-0.05, 0) is 107 Å². The van der Waals surface area contributed by atoms with Gasteiger partial charge in [0.05, 0.1) is 99.8 Å². The van der Waals surface area contributed by atoms with Crippen LogP contribution in [0.2, 0.25) is 23.9 Å². The fourth-order valence-corrected chi connectivity index (χ4v) is 23.1. The van der Waals surface area contributed by atoms with Gasteiger partial charge in [0.25, 0.3) is 13.0 Å². The zero-order valence-corrected chi connectivity index (χ0v) is 73.8. The van der Waals surface area contributed by atoms with Crippen molar-refractivity contribution in [1.82, 2.24) is 24.9 Å². The Morgan fingerprint density at radius 2 is 1.06 bits per heavy atom. The zero-order chi connectivity index (χ0) is 84.5. The fourth-order valence-electron chi connectivity index (χ4n) is 20.6. The molecule has 28 heteroatoms. The molecule has 14 rings (SSSR count). The largest absolute Gasteiger partial charge is 0.504 e. The molecule has 0 spiro atoms. The number of nitriles is 1. The van der Waals surface area contributed by atoms with Crippen molar-refractivity contribution in [2.75, 3.05) is 117 Å². The van der Waals surface area contributed by atoms with Crippen LogP contribution in [0.5, 0.6) is 69.0 Å². The first-order valence-electron chi connectivity index (χ1n) is 41.2. The first-order chi connectivity index (χ1) is 55.8. The lowest BCUT2D eigenvalue weighted by Crippen LogP contribution is -2.68. The molecule has 627 valence electrons. The SMILES string of the molecule is COc1c(C)c(OC)c2c(c1O)C(c1ccc(B3[B]CC(C)(C)CO3)cc1)N1[C@@H](C#N)[C@@H]3Cc4c(OC)c(C)c(OC)c(O)c4[C@H]([C@@H]1C2)N3C.[C-]#[N+]C(C1Cc2c(OC)c(C)c(OC)c(O)c2C(C2Cc3c(OC)c(C)c(OC)c(O)c3[C@H](c3ccc(B4OCC(C)(C)CO4)cc3)N2)N1C)N1CCO[C@@H](CCO[Si](C)(C(C)C)C(C)C)C1. The van der Waals surface area contributed by atoms with Crippen LogP contribution in [0.25, 0.3) is 4.85 Å². The summed E-state index contributed by atoms with van der Waals surface area (Å²) < 4.78 is 79.4. The van der Waals surface area contributed by atoms with Gasteiger partial charge in [-0.1, -0.05) is 116 Å². The van der Waals surface area contributed by atoms with E-state index in [2.05, 4.69) is 136 Å². The Kier molecular flexibility index (Phi) is 25.6. The second-order valence-corrected chi connectivity index (χ2v) is 40.5. The fraction of sp³-hybridized carbons (Fsp3) is 0.573. The molecule has 0 amide bonds. The highest BCUT2D eigenvalue weighted by atomic mass is 28.4. The Morgan fingerprint density at radius 3 is 1.56 bits per heavy atom. The van der Waals surface area contributed by atoms with Crippen LogP contribution >= 0.6 is 0 Å². The third-order valence-corrected chi connectivity index (χ3v) is 32.5. The van der Waals surface area contributed by atoms with Crippen molar-refractivity contribution in [3.05, 3.63) is 138 Å². The second kappa shape index (κ2) is 34.6. The molecule has 8 heterocycles. The molecule has 0 aromatic heterocycles. The first-order valence-corrected chi connectivity index (χ1v) is 43.8. The lowest BCUT2D eigenvalue weighted by molar-refractivity contribution is -0.0652. The number of morpholine rings is 1. The molecule has 6 aromatic carbocycles. The minimum atomic E-state index is -1.94. The Labute approximate surface area is 694 Å². The van der Waals surface area contributed by atoms with Crippen LogP contribution in [0.15, 0.2) is 48.5 Å². The predicted molar refractivity (Wildman–Crippen MR) is 457 cm³/mol. The summed E-state index contributed by atoms with van der Waals surface area (Å²) in [5, 5.41) is 63.6. The summed E-state index contributed by atoms with van der Waals surface area (Å²) in [6.45, 7) is 40.6. The third-order valence-electron chi connectivity index (χ3n) is 27.1. The number of piperazine rings is 1. The third kappa shape index (κ3) is 15.3. The summed E-state index contributed by atoms with van der Waals surface area (Å²) in [6.07, 6.45) is 2.87. The molecule has 11 atom stereocenters. The number of phenolic OH excluding ortho intramolecular Hbond substituents is 4. The molecule has 8 aliphatic rings. The molecule has 0 aliphatic carbocycles. The summed E-state index contributed by atoms with van der Waals surface area (Å²) in [6, 6.07) is 15.4. The molecule has 1 radical (unpaired) electrons. The van der Waals surface area contributed by atoms with Gasteiger partial charge in [-0.15, -0.1) is 0 Å². The molecule has 4 fully saturated rings. The van der Waals surface area contributed by atoms with E-state index in [0.717, 1.165) is 68.2 Å². The normalized spacial score (nSPS) is 24.5. The number of ether oxygens (including phenoxy) is 9. The lowest BCUT2D eigenvalue weighted by Gasteiger charge is -2.60. The Balaban J connectivity index is 0.000000212. The number of likely N-dealkylation sites (N-methyl/N-ethyl adjacent to an activating group) is 2. The van der Waals surface area contributed by atoms with Crippen LogP contribution < -0.4 is 54.1 Å². The number of nitrogens with one attached hydrogen (secondary N) is 1. The van der Waals surface area contributed by atoms with Crippen molar-refractivity contribution in [3.8, 4) is 75.1 Å². The number of rotatable bonds is 21. The number of phenols is 4. The summed E-state index contributed by atoms with van der Waals surface area (Å²) in [5.74, 6) is 4.20. The quantitative estimate of drug-likeness (QED) is 0.0332. The van der Waals surface area contributed by atoms with Gasteiger partial charge in [0, 0.05) is 136 Å². The highest BCUT2D eigenvalue weighted by Crippen LogP contribution is 2.61. The van der Waals surface area contributed by atoms with Gasteiger partial charge in [0.15, 0.2) is 54.3 Å². The molecule has 24 nitrogen and oxygen atoms in total. The minimum Gasteiger partial charge on any atom is -0.504 e. The minimum absolute atomic E-state index is 0.0369. The molecule has 5 unspecified atom stereocenters. The highest BCUT2D eigenvalue weighted by Gasteiger charge is 2.59. The Hall–Kier alpha value is -8.09. The van der Waals surface area contributed by atoms with Gasteiger partial charge >= 0.3 is 7.12 Å². The van der Waals surface area contributed by atoms with E-state index < -0.39 is 51.8 Å². The number of nitrogens with zero attached hydrogens (tertiary/aromatic N) is 6. The van der Waals surface area contributed by atoms with Crippen LogP contribution in [0.3, 0.4) is 0 Å². The van der Waals surface area contributed by atoms with Gasteiger partial charge in [0.1, 0.15) is 42.3 Å². The molecule has 4 saturated heterocycles. The van der Waals surface area contributed by atoms with Gasteiger partial charge < -0.3 is 86.8 Å². The number of aromatic hydroxyl groups is 4. The standard InChI is InChI=1S/C51H75BN4O10Si.C38H46B2N3O7/c1-29(2)67(15,30(3)4)66-22-20-35-26-56(21-23-63-35)50(53-9)39-25-37-41(45(58)49(62-14)32(6)47(37)60-12)43(55(39)10)38-24-36-40(44(57)48(61-13)31(5)46(36)59-11)42(54-38)33-16-18-34(19-17-33)52-64-27-51(7,8)28-65-52;1-19-34(46-6)23-14-25-27(16-41)43-26(31(42(25)5)29(23)33(45)37(19)49-9)15-24-28(32(44)36(48-8)20(2)35(24)47-7)30(43)21-10-12-22(13-11-21)40-39-17-38(3,4)18-50-40/h16-19,29-30,35,38-39,42-43,50,54,57-58H,20-28H2,1-8,10-15H3;10-13,25-27,30-31,44-45H,14-15,17-18H2,1-9H3/t35-,38?,39?,42-,43?,50?;25-,26-,27-,30?,31-/m00/s1. The van der Waals surface area contributed by atoms with E-state index in [9.17, 15) is 25.7 Å². The van der Waals surface area contributed by atoms with Crippen molar-refractivity contribution in [2.24, 2.45) is 10.8 Å². The van der Waals surface area contributed by atoms with Gasteiger partial charge in [-0.2, -0.15) is 5.26 Å². The molecular formula is C89H121B3N7O17Si. The molecule has 2 bridgehead atoms. The Bertz CT molecular complexity index is 4730. The van der Waals surface area contributed by atoms with Crippen molar-refractivity contribution >= 4 is 40.3 Å². The number of fused-ring (bicyclic) bond motifs is 9. The van der Waals surface area contributed by atoms with Crippen LogP contribution in [-0.4, -0.2) is 229 Å². The summed E-state index contributed by atoms with van der Waals surface area (Å²) in [5.41, 5.74) is 13.8. The number of benzene rings is 6. The van der Waals surface area contributed by atoms with Gasteiger partial charge in [0.2, 0.25) is 0 Å². The summed E-state index contributed by atoms with van der Waals surface area (Å²) in [7, 11) is 16.7. The van der Waals surface area contributed by atoms with Crippen LogP contribution in [0.1, 0.15) is 164 Å². The van der Waals surface area contributed by atoms with Gasteiger partial charge in [-0.25, -0.2) is 11.5 Å². The lowest BCUT2D eigenvalue weighted by atomic mass is 9.26. The molecule has 6 aromatic rings. The number of hydrogen-bond donors (Lipinski definition) is 5. The van der Waals surface area contributed by atoms with E-state index in [0.29, 0.717) is 162 Å². The van der Waals surface area contributed by atoms with Crippen molar-refractivity contribution in [1.29, 1.82) is 5.26 Å². The smallest absolute Gasteiger partial charge is 0.493 e. The highest BCUT2D eigenvalue weighted by molar-refractivity contribution is 7.16. The second-order valence-electron chi connectivity index (χ2n) is 35.5. The zero-order valence-electron chi connectivity index (χ0n) is 72.8. The predicted octanol–water partition coefficient (Wildman–Crippen LogP) is 11.9. The summed E-state index contributed by atoms with van der Waals surface area (Å²) >= 11 is 0. The average Bonchev–Trinajstić information content (AvgIpc) is 0.694. The maximum Gasteiger partial charge on any atom is 0.493 e. The maximum absolute atomic E-state index is 12.4. The van der Waals surface area contributed by atoms with E-state index >= 15 is 0 Å². The van der Waals surface area contributed by atoms with Crippen LogP contribution in [-0.2, 0) is 48.8 Å². The molecular weight excluding hydrogens is 1500 g/mol. The van der Waals surface area contributed by atoms with E-state index in [1.54, 1.807) is 56.9 Å². The van der Waals surface area contributed by atoms with E-state index in [1.807, 2.05) is 59.0 Å². The average molecular weight is 1620 g/mol. The van der Waals surface area contributed by atoms with Crippen molar-refractivity contribution in [2.45, 2.75) is 206 Å². The van der Waals surface area contributed by atoms with Crippen LogP contribution in [0.4, 0.5) is 0 Å². The maximum atomic E-state index is 12.4. The molecule has 117 heavy (non-hydrogen) atoms. The monoisotopic (exact) mass is 1620 g/mol. The van der Waals surface area contributed by atoms with Crippen LogP contribution in [0, 0.1) is 56.4 Å². The van der Waals surface area contributed by atoms with E-state index in [-0.39, 0.29) is 70.9 Å². The van der Waals surface area contributed by atoms with E-state index in [4.69, 9.17) is 67.6 Å². The molecule has 5 N–H and O–H groups in total. The number of methoxy groups -OCH3 is 8. The van der Waals surface area contributed by atoms with Crippen molar-refractivity contribution < 1.29 is 81.4 Å². The number of hydrogen-bond acceptors (Lipinski definition) is 23.